The van der Waals surface area contributed by atoms with Gasteiger partial charge in [0, 0.05) is 11.5 Å². The average molecular weight is 478 g/mol. The Morgan fingerprint density at radius 3 is 1.45 bits per heavy atom. The van der Waals surface area contributed by atoms with Crippen LogP contribution < -0.4 is 33.1 Å². The van der Waals surface area contributed by atoms with Crippen LogP contribution in [0.1, 0.15) is 11.1 Å². The molecule has 0 aliphatic rings. The number of amides is 1. The second-order valence-corrected chi connectivity index (χ2v) is 7.39. The third kappa shape index (κ3) is 6.66. The topological polar surface area (TPSA) is 102 Å². The minimum absolute atomic E-state index is 0.444. The maximum atomic E-state index is 12.3. The van der Waals surface area contributed by atoms with Crippen molar-refractivity contribution in [2.45, 2.75) is 0 Å². The third-order valence-electron chi connectivity index (χ3n) is 4.39. The molecule has 0 saturated heterocycles. The van der Waals surface area contributed by atoms with Crippen molar-refractivity contribution >= 4 is 29.0 Å². The summed E-state index contributed by atoms with van der Waals surface area (Å²) in [4.78, 5) is 12.2. The van der Waals surface area contributed by atoms with Crippen molar-refractivity contribution in [3.63, 3.8) is 0 Å². The molecule has 0 spiro atoms. The number of nitrogens with one attached hydrogen (secondary N) is 1. The second-order valence-electron chi connectivity index (χ2n) is 6.32. The van der Waals surface area contributed by atoms with Crippen molar-refractivity contribution in [3.05, 3.63) is 46.9 Å². The lowest BCUT2D eigenvalue weighted by molar-refractivity contribution is -0.114. The Bertz CT molecular complexity index is 931. The maximum absolute atomic E-state index is 12.3. The first-order valence-electron chi connectivity index (χ1n) is 9.58. The molecule has 0 fully saturated rings. The van der Waals surface area contributed by atoms with Gasteiger partial charge in [-0.2, -0.15) is 0 Å². The van der Waals surface area contributed by atoms with Crippen molar-refractivity contribution < 1.29 is 37.4 Å². The van der Waals surface area contributed by atoms with E-state index in [0.717, 1.165) is 0 Å². The Kier molecular flexibility index (Phi) is 9.62. The fraction of sp³-hybridized carbons (Fsp3) is 0.261. The zero-order valence-corrected chi connectivity index (χ0v) is 20.1. The van der Waals surface area contributed by atoms with Gasteiger partial charge in [-0.25, -0.2) is 4.21 Å². The first kappa shape index (κ1) is 25.6. The van der Waals surface area contributed by atoms with Crippen LogP contribution in [-0.2, 0) is 15.8 Å². The predicted molar refractivity (Wildman–Crippen MR) is 127 cm³/mol. The Morgan fingerprint density at radius 2 is 1.09 bits per heavy atom. The molecule has 0 radical (unpaired) electrons. The van der Waals surface area contributed by atoms with Gasteiger partial charge < -0.3 is 28.4 Å². The molecular weight excluding hydrogens is 450 g/mol. The SMILES string of the molecule is COc1cc(/C=C\S(=O)NC(=O)/C=C/c2cc(OC)c(OC)c(OC)c2)cc(OC)c1OC. The van der Waals surface area contributed by atoms with Crippen LogP contribution in [0.2, 0.25) is 0 Å². The van der Waals surface area contributed by atoms with Crippen molar-refractivity contribution in [2.75, 3.05) is 42.7 Å². The lowest BCUT2D eigenvalue weighted by Gasteiger charge is -2.12. The average Bonchev–Trinajstić information content (AvgIpc) is 2.84. The molecule has 1 amide bonds. The van der Waals surface area contributed by atoms with Crippen LogP contribution >= 0.6 is 0 Å². The summed E-state index contributed by atoms with van der Waals surface area (Å²) in [6.07, 6.45) is 4.37. The third-order valence-corrected chi connectivity index (χ3v) is 5.17. The van der Waals surface area contributed by atoms with Crippen molar-refractivity contribution in [3.8, 4) is 34.5 Å². The van der Waals surface area contributed by atoms with E-state index in [4.69, 9.17) is 28.4 Å². The highest BCUT2D eigenvalue weighted by atomic mass is 32.2. The zero-order chi connectivity index (χ0) is 24.4. The molecule has 1 atom stereocenters. The van der Waals surface area contributed by atoms with Crippen LogP contribution in [0.5, 0.6) is 34.5 Å². The van der Waals surface area contributed by atoms with Gasteiger partial charge in [-0.05, 0) is 47.5 Å². The van der Waals surface area contributed by atoms with E-state index in [-0.39, 0.29) is 0 Å². The number of carbonyl (C=O) groups excluding carboxylic acids is 1. The van der Waals surface area contributed by atoms with Gasteiger partial charge in [-0.15, -0.1) is 0 Å². The van der Waals surface area contributed by atoms with E-state index < -0.39 is 16.9 Å². The van der Waals surface area contributed by atoms with Gasteiger partial charge in [0.05, 0.1) is 42.7 Å². The van der Waals surface area contributed by atoms with Crippen molar-refractivity contribution in [2.24, 2.45) is 0 Å². The van der Waals surface area contributed by atoms with Gasteiger partial charge in [0.1, 0.15) is 11.0 Å². The monoisotopic (exact) mass is 477 g/mol. The van der Waals surface area contributed by atoms with Crippen LogP contribution in [0.15, 0.2) is 35.7 Å². The van der Waals surface area contributed by atoms with Gasteiger partial charge in [0.15, 0.2) is 23.0 Å². The molecule has 2 aromatic rings. The van der Waals surface area contributed by atoms with Crippen LogP contribution in [0.25, 0.3) is 12.2 Å². The van der Waals surface area contributed by atoms with Crippen molar-refractivity contribution in [1.29, 1.82) is 0 Å². The van der Waals surface area contributed by atoms with Crippen LogP contribution in [0.4, 0.5) is 0 Å². The summed E-state index contributed by atoms with van der Waals surface area (Å²) in [5.74, 6) is 2.17. The number of hydrogen-bond donors (Lipinski definition) is 1. The quantitative estimate of drug-likeness (QED) is 0.493. The molecule has 2 aromatic carbocycles. The normalized spacial score (nSPS) is 11.8. The summed E-state index contributed by atoms with van der Waals surface area (Å²) in [5.41, 5.74) is 1.29. The molecule has 10 heteroatoms. The van der Waals surface area contributed by atoms with E-state index in [2.05, 4.69) is 4.72 Å². The highest BCUT2D eigenvalue weighted by molar-refractivity contribution is 7.86. The smallest absolute Gasteiger partial charge is 0.255 e. The molecule has 1 N–H and O–H groups in total. The number of ether oxygens (including phenoxy) is 6. The minimum Gasteiger partial charge on any atom is -0.493 e. The number of benzene rings is 2. The Hall–Kier alpha value is -3.66. The number of hydrogen-bond acceptors (Lipinski definition) is 8. The van der Waals surface area contributed by atoms with Crippen LogP contribution in [-0.4, -0.2) is 52.8 Å². The van der Waals surface area contributed by atoms with E-state index in [1.807, 2.05) is 0 Å². The first-order valence-corrected chi connectivity index (χ1v) is 10.8. The molecule has 1 unspecified atom stereocenters. The van der Waals surface area contributed by atoms with E-state index in [1.54, 1.807) is 36.4 Å². The summed E-state index contributed by atoms with van der Waals surface area (Å²) in [7, 11) is 7.26. The predicted octanol–water partition coefficient (Wildman–Crippen LogP) is 3.20. The van der Waals surface area contributed by atoms with E-state index >= 15 is 0 Å². The molecule has 0 aromatic heterocycles. The largest absolute Gasteiger partial charge is 0.493 e. The van der Waals surface area contributed by atoms with E-state index in [9.17, 15) is 9.00 Å². The summed E-state index contributed by atoms with van der Waals surface area (Å²) in [6, 6.07) is 6.77. The zero-order valence-electron chi connectivity index (χ0n) is 19.3. The van der Waals surface area contributed by atoms with Crippen molar-refractivity contribution in [1.82, 2.24) is 4.72 Å². The summed E-state index contributed by atoms with van der Waals surface area (Å²) >= 11 is 0. The lowest BCUT2D eigenvalue weighted by atomic mass is 10.1. The Labute approximate surface area is 195 Å². The Morgan fingerprint density at radius 1 is 0.697 bits per heavy atom. The van der Waals surface area contributed by atoms with Gasteiger partial charge >= 0.3 is 0 Å². The first-order chi connectivity index (χ1) is 15.9. The molecule has 0 saturated carbocycles. The highest BCUT2D eigenvalue weighted by Gasteiger charge is 2.13. The molecule has 9 nitrogen and oxygen atoms in total. The standard InChI is InChI=1S/C23H27NO8S/c1-27-17-11-15(12-18(28-2)22(17)31-5)7-8-21(25)24-33(26)10-9-16-13-19(29-3)23(32-6)20(14-16)30-4/h7-14H,1-6H3,(H,24,25)/b8-7+,10-9-. The van der Waals surface area contributed by atoms with Gasteiger partial charge in [-0.1, -0.05) is 0 Å². The highest BCUT2D eigenvalue weighted by Crippen LogP contribution is 2.39. The summed E-state index contributed by atoms with van der Waals surface area (Å²) in [6.45, 7) is 0. The molecule has 0 aliphatic heterocycles. The minimum atomic E-state index is -1.76. The molecule has 0 heterocycles. The van der Waals surface area contributed by atoms with E-state index in [0.29, 0.717) is 45.6 Å². The van der Waals surface area contributed by atoms with Gasteiger partial charge in [0.25, 0.3) is 5.91 Å². The number of methoxy groups -OCH3 is 6. The maximum Gasteiger partial charge on any atom is 0.255 e. The summed E-state index contributed by atoms with van der Waals surface area (Å²) in [5, 5.41) is 1.34. The fourth-order valence-corrected chi connectivity index (χ4v) is 3.49. The molecule has 178 valence electrons. The molecule has 0 aliphatic carbocycles. The molecule has 2 rings (SSSR count). The van der Waals surface area contributed by atoms with E-state index in [1.165, 1.54) is 54.1 Å². The lowest BCUT2D eigenvalue weighted by Crippen LogP contribution is -2.21. The van der Waals surface area contributed by atoms with Crippen LogP contribution in [0, 0.1) is 0 Å². The van der Waals surface area contributed by atoms with Gasteiger partial charge in [-0.3, -0.25) is 9.52 Å². The molecular formula is C23H27NO8S. The Balaban J connectivity index is 2.10. The number of rotatable bonds is 11. The van der Waals surface area contributed by atoms with Gasteiger partial charge in [0.2, 0.25) is 11.5 Å². The molecule has 0 bridgehead atoms. The number of carbonyl (C=O) groups is 1. The fourth-order valence-electron chi connectivity index (χ4n) is 2.87. The molecule has 33 heavy (non-hydrogen) atoms. The van der Waals surface area contributed by atoms with Crippen LogP contribution in [0.3, 0.4) is 0 Å². The summed E-state index contributed by atoms with van der Waals surface area (Å²) < 4.78 is 46.3. The second kappa shape index (κ2) is 12.4.